The number of nitrogens with zero attached hydrogens (tertiary/aromatic N) is 2. The molecule has 326 valence electrons. The molecule has 4 aromatic heterocycles. The maximum atomic E-state index is 6.46. The van der Waals surface area contributed by atoms with Crippen LogP contribution in [0, 0.1) is 0 Å². The summed E-state index contributed by atoms with van der Waals surface area (Å²) in [4.78, 5) is 0. The Morgan fingerprint density at radius 1 is 0.243 bits per heavy atom. The highest BCUT2D eigenvalue weighted by molar-refractivity contribution is 7.25. The van der Waals surface area contributed by atoms with E-state index in [1.54, 1.807) is 0 Å². The van der Waals surface area contributed by atoms with Crippen molar-refractivity contribution in [3.63, 3.8) is 0 Å². The number of furan rings is 1. The van der Waals surface area contributed by atoms with Gasteiger partial charge in [-0.1, -0.05) is 127 Å². The summed E-state index contributed by atoms with van der Waals surface area (Å²) in [6.45, 7) is 0. The van der Waals surface area contributed by atoms with Gasteiger partial charge in [-0.2, -0.15) is 0 Å². The highest BCUT2D eigenvalue weighted by atomic mass is 32.1. The third-order valence-electron chi connectivity index (χ3n) is 14.5. The second-order valence-corrected chi connectivity index (χ2v) is 19.6. The van der Waals surface area contributed by atoms with Crippen molar-refractivity contribution in [2.75, 3.05) is 0 Å². The topological polar surface area (TPSA) is 23.0 Å². The lowest BCUT2D eigenvalue weighted by atomic mass is 9.96. The molecule has 0 aliphatic heterocycles. The number of rotatable bonds is 6. The predicted molar refractivity (Wildman–Crippen MR) is 297 cm³/mol. The van der Waals surface area contributed by atoms with E-state index in [0.717, 1.165) is 38.8 Å². The van der Waals surface area contributed by atoms with Gasteiger partial charge in [0.05, 0.1) is 22.1 Å². The van der Waals surface area contributed by atoms with Crippen LogP contribution in [0.5, 0.6) is 0 Å². The fourth-order valence-corrected chi connectivity index (χ4v) is 12.2. The first-order valence-electron chi connectivity index (χ1n) is 23.9. The monoisotopic (exact) mass is 908 g/mol. The first-order chi connectivity index (χ1) is 34.7. The van der Waals surface area contributed by atoms with Gasteiger partial charge >= 0.3 is 0 Å². The second kappa shape index (κ2) is 15.3. The van der Waals surface area contributed by atoms with Gasteiger partial charge < -0.3 is 13.6 Å². The minimum atomic E-state index is 0.890. The Hall–Kier alpha value is -8.96. The molecular weight excluding hydrogens is 869 g/mol. The standard InChI is InChI=1S/C66H40N2OS/c1-3-14-49(15-4-1)67-59-20-9-7-18-51(59)53-35-43(22-28-61(53)67)46-25-31-64-56(38-46)55-37-45(24-30-63(55)69-64)41-12-11-13-42(34-41)47-26-32-65-57(39-47)58-40-48(27-33-66(58)70-65)44-23-29-62-54(36-44)52-19-8-10-21-60(52)68(62)50-16-5-2-6-17-50/h1-40H. The highest BCUT2D eigenvalue weighted by Crippen LogP contribution is 2.42. The lowest BCUT2D eigenvalue weighted by Crippen LogP contribution is -1.92. The van der Waals surface area contributed by atoms with E-state index in [9.17, 15) is 0 Å². The molecule has 0 atom stereocenters. The zero-order valence-electron chi connectivity index (χ0n) is 37.8. The Balaban J connectivity index is 0.779. The number of hydrogen-bond donors (Lipinski definition) is 0. The molecule has 0 aliphatic rings. The smallest absolute Gasteiger partial charge is 0.135 e. The summed E-state index contributed by atoms with van der Waals surface area (Å²) >= 11 is 1.86. The minimum Gasteiger partial charge on any atom is -0.456 e. The molecule has 0 amide bonds. The molecule has 4 heteroatoms. The zero-order chi connectivity index (χ0) is 45.9. The van der Waals surface area contributed by atoms with Crippen LogP contribution in [0.3, 0.4) is 0 Å². The Morgan fingerprint density at radius 3 is 1.07 bits per heavy atom. The molecular formula is C66H40N2OS. The van der Waals surface area contributed by atoms with Crippen molar-refractivity contribution in [2.45, 2.75) is 0 Å². The van der Waals surface area contributed by atoms with Crippen LogP contribution in [0.2, 0.25) is 0 Å². The van der Waals surface area contributed by atoms with Crippen LogP contribution in [0.4, 0.5) is 0 Å². The van der Waals surface area contributed by atoms with E-state index in [2.05, 4.69) is 252 Å². The van der Waals surface area contributed by atoms with Crippen LogP contribution >= 0.6 is 11.3 Å². The van der Waals surface area contributed by atoms with E-state index >= 15 is 0 Å². The normalized spacial score (nSPS) is 12.0. The number of aromatic nitrogens is 2. The summed E-state index contributed by atoms with van der Waals surface area (Å²) < 4.78 is 13.8. The molecule has 0 saturated heterocycles. The van der Waals surface area contributed by atoms with E-state index in [1.807, 2.05) is 11.3 Å². The molecule has 15 rings (SSSR count). The van der Waals surface area contributed by atoms with Crippen LogP contribution in [0.15, 0.2) is 247 Å². The first-order valence-corrected chi connectivity index (χ1v) is 24.7. The van der Waals surface area contributed by atoms with E-state index in [4.69, 9.17) is 4.42 Å². The summed E-state index contributed by atoms with van der Waals surface area (Å²) in [5, 5.41) is 9.82. The van der Waals surface area contributed by atoms with Crippen molar-refractivity contribution >= 4 is 97.1 Å². The zero-order valence-corrected chi connectivity index (χ0v) is 38.6. The molecule has 15 aromatic rings. The molecule has 3 nitrogen and oxygen atoms in total. The lowest BCUT2D eigenvalue weighted by molar-refractivity contribution is 0.669. The summed E-state index contributed by atoms with van der Waals surface area (Å²) in [6, 6.07) is 88.7. The van der Waals surface area contributed by atoms with Crippen molar-refractivity contribution in [3.8, 4) is 55.9 Å². The minimum absolute atomic E-state index is 0.890. The van der Waals surface area contributed by atoms with E-state index in [0.29, 0.717) is 0 Å². The van der Waals surface area contributed by atoms with Gasteiger partial charge in [-0.25, -0.2) is 0 Å². The molecule has 11 aromatic carbocycles. The van der Waals surface area contributed by atoms with Gasteiger partial charge in [0.2, 0.25) is 0 Å². The van der Waals surface area contributed by atoms with Gasteiger partial charge in [-0.15, -0.1) is 11.3 Å². The molecule has 0 unspecified atom stereocenters. The van der Waals surface area contributed by atoms with Gasteiger partial charge in [-0.05, 0) is 160 Å². The third kappa shape index (κ3) is 6.07. The molecule has 0 aliphatic carbocycles. The fraction of sp³-hybridized carbons (Fsp3) is 0. The molecule has 70 heavy (non-hydrogen) atoms. The first kappa shape index (κ1) is 39.1. The fourth-order valence-electron chi connectivity index (χ4n) is 11.2. The Morgan fingerprint density at radius 2 is 0.600 bits per heavy atom. The van der Waals surface area contributed by atoms with Crippen molar-refractivity contribution in [1.29, 1.82) is 0 Å². The highest BCUT2D eigenvalue weighted by Gasteiger charge is 2.17. The van der Waals surface area contributed by atoms with Crippen LogP contribution < -0.4 is 0 Å². The second-order valence-electron chi connectivity index (χ2n) is 18.5. The van der Waals surface area contributed by atoms with Gasteiger partial charge in [-0.3, -0.25) is 0 Å². The third-order valence-corrected chi connectivity index (χ3v) is 15.7. The molecule has 0 fully saturated rings. The van der Waals surface area contributed by atoms with Crippen molar-refractivity contribution in [3.05, 3.63) is 243 Å². The molecule has 0 radical (unpaired) electrons. The largest absolute Gasteiger partial charge is 0.456 e. The maximum absolute atomic E-state index is 6.46. The number of thiophene rings is 1. The van der Waals surface area contributed by atoms with Gasteiger partial charge in [0, 0.05) is 63.9 Å². The van der Waals surface area contributed by atoms with E-state index < -0.39 is 0 Å². The summed E-state index contributed by atoms with van der Waals surface area (Å²) in [5.41, 5.74) is 18.5. The number of fused-ring (bicyclic) bond motifs is 12. The predicted octanol–water partition coefficient (Wildman–Crippen LogP) is 18.8. The average Bonchev–Trinajstić information content (AvgIpc) is 4.18. The van der Waals surface area contributed by atoms with Crippen molar-refractivity contribution < 1.29 is 4.42 Å². The molecule has 0 N–H and O–H groups in total. The van der Waals surface area contributed by atoms with Crippen LogP contribution in [-0.4, -0.2) is 9.13 Å². The SMILES string of the molecule is c1ccc(-n2c3ccccc3c3cc(-c4ccc5oc6ccc(-c7cccc(-c8ccc9sc%10ccc(-c%11ccc%12c(c%11)c%11ccccc%11n%12-c%11ccccc%11)cc%10c9c8)c7)cc6c5c4)ccc32)cc1. The number of para-hydroxylation sites is 4. The molecule has 0 bridgehead atoms. The summed E-state index contributed by atoms with van der Waals surface area (Å²) in [6.07, 6.45) is 0. The molecule has 0 spiro atoms. The van der Waals surface area contributed by atoms with Gasteiger partial charge in [0.15, 0.2) is 0 Å². The Kier molecular flexibility index (Phi) is 8.53. The van der Waals surface area contributed by atoms with Crippen molar-refractivity contribution in [2.24, 2.45) is 0 Å². The Labute approximate surface area is 407 Å². The number of hydrogen-bond acceptors (Lipinski definition) is 2. The van der Waals surface area contributed by atoms with Crippen LogP contribution in [-0.2, 0) is 0 Å². The van der Waals surface area contributed by atoms with Crippen LogP contribution in [0.25, 0.3) is 142 Å². The van der Waals surface area contributed by atoms with Gasteiger partial charge in [0.25, 0.3) is 0 Å². The van der Waals surface area contributed by atoms with E-state index in [-0.39, 0.29) is 0 Å². The maximum Gasteiger partial charge on any atom is 0.135 e. The lowest BCUT2D eigenvalue weighted by Gasteiger charge is -2.08. The molecule has 4 heterocycles. The van der Waals surface area contributed by atoms with Crippen LogP contribution in [0.1, 0.15) is 0 Å². The van der Waals surface area contributed by atoms with Crippen molar-refractivity contribution in [1.82, 2.24) is 9.13 Å². The molecule has 0 saturated carbocycles. The number of benzene rings is 11. The summed E-state index contributed by atoms with van der Waals surface area (Å²) in [7, 11) is 0. The quantitative estimate of drug-likeness (QED) is 0.163. The Bertz CT molecular complexity index is 4300. The average molecular weight is 909 g/mol. The van der Waals surface area contributed by atoms with E-state index in [1.165, 1.54) is 103 Å². The summed E-state index contributed by atoms with van der Waals surface area (Å²) in [5.74, 6) is 0. The van der Waals surface area contributed by atoms with Gasteiger partial charge in [0.1, 0.15) is 11.2 Å².